The van der Waals surface area contributed by atoms with Crippen LogP contribution in [0.15, 0.2) is 69.1 Å². The lowest BCUT2D eigenvalue weighted by Gasteiger charge is -2.07. The Morgan fingerprint density at radius 1 is 1.09 bits per heavy atom. The van der Waals surface area contributed by atoms with Crippen LogP contribution in [0.3, 0.4) is 0 Å². The normalized spacial score (nSPS) is 11.2. The topological polar surface area (TPSA) is 81.8 Å². The third-order valence-corrected chi connectivity index (χ3v) is 8.10. The van der Waals surface area contributed by atoms with E-state index in [1.165, 1.54) is 23.1 Å². The molecule has 0 spiro atoms. The summed E-state index contributed by atoms with van der Waals surface area (Å²) in [5, 5.41) is 5.10. The van der Waals surface area contributed by atoms with Crippen LogP contribution in [0.5, 0.6) is 0 Å². The molecular weight excluding hydrogens is 474 g/mol. The van der Waals surface area contributed by atoms with E-state index in [1.807, 2.05) is 73.3 Å². The number of hydrogen-bond donors (Lipinski definition) is 1. The minimum Gasteiger partial charge on any atom is -0.301 e. The summed E-state index contributed by atoms with van der Waals surface area (Å²) in [6.07, 6.45) is 0. The molecule has 0 radical (unpaired) electrons. The van der Waals surface area contributed by atoms with E-state index in [2.05, 4.69) is 15.3 Å². The molecule has 166 valence electrons. The summed E-state index contributed by atoms with van der Waals surface area (Å²) in [6.45, 7) is 1.89. The van der Waals surface area contributed by atoms with Gasteiger partial charge in [0, 0.05) is 18.1 Å². The maximum atomic E-state index is 13.2. The van der Waals surface area contributed by atoms with Crippen LogP contribution in [0.2, 0.25) is 0 Å². The molecule has 3 aromatic heterocycles. The highest BCUT2D eigenvalue weighted by molar-refractivity contribution is 8.01. The number of benzene rings is 2. The fourth-order valence-corrected chi connectivity index (χ4v) is 6.09. The molecule has 3 heterocycles. The maximum absolute atomic E-state index is 13.2. The van der Waals surface area contributed by atoms with Crippen LogP contribution in [-0.4, -0.2) is 31.0 Å². The van der Waals surface area contributed by atoms with Gasteiger partial charge >= 0.3 is 0 Å². The molecule has 0 bridgehead atoms. The number of nitrogens with one attached hydrogen (secondary N) is 1. The number of carbonyl (C=O) groups excluding carboxylic acids is 1. The van der Waals surface area contributed by atoms with Crippen molar-refractivity contribution in [2.24, 2.45) is 7.05 Å². The second-order valence-electron chi connectivity index (χ2n) is 7.26. The SMILES string of the molecule is Cc1c(-c2csc(NC(=O)CSc3nc4ccccc4s3)n2)c(=O)n(-c2ccccc2)n1C. The highest BCUT2D eigenvalue weighted by atomic mass is 32.2. The van der Waals surface area contributed by atoms with Crippen molar-refractivity contribution in [3.63, 3.8) is 0 Å². The van der Waals surface area contributed by atoms with Gasteiger partial charge in [-0.05, 0) is 31.2 Å². The maximum Gasteiger partial charge on any atom is 0.281 e. The van der Waals surface area contributed by atoms with Gasteiger partial charge in [-0.3, -0.25) is 14.3 Å². The van der Waals surface area contributed by atoms with Crippen LogP contribution < -0.4 is 10.9 Å². The first-order valence-electron chi connectivity index (χ1n) is 10.1. The van der Waals surface area contributed by atoms with Crippen molar-refractivity contribution in [3.05, 3.63) is 76.0 Å². The van der Waals surface area contributed by atoms with Gasteiger partial charge in [-0.25, -0.2) is 14.6 Å². The molecule has 5 rings (SSSR count). The van der Waals surface area contributed by atoms with E-state index in [4.69, 9.17) is 0 Å². The third kappa shape index (κ3) is 4.24. The van der Waals surface area contributed by atoms with E-state index in [-0.39, 0.29) is 17.2 Å². The van der Waals surface area contributed by atoms with Gasteiger partial charge in [0.25, 0.3) is 5.56 Å². The molecule has 0 atom stereocenters. The molecule has 7 nitrogen and oxygen atoms in total. The summed E-state index contributed by atoms with van der Waals surface area (Å²) in [7, 11) is 1.85. The van der Waals surface area contributed by atoms with Crippen molar-refractivity contribution >= 4 is 55.7 Å². The highest BCUT2D eigenvalue weighted by Gasteiger charge is 2.20. The predicted molar refractivity (Wildman–Crippen MR) is 136 cm³/mol. The van der Waals surface area contributed by atoms with E-state index in [9.17, 15) is 9.59 Å². The van der Waals surface area contributed by atoms with Crippen LogP contribution in [0.1, 0.15) is 5.69 Å². The Labute approximate surface area is 201 Å². The Balaban J connectivity index is 1.31. The number of anilines is 1. The molecule has 10 heteroatoms. The fourth-order valence-electron chi connectivity index (χ4n) is 3.50. The van der Waals surface area contributed by atoms with Crippen molar-refractivity contribution in [1.82, 2.24) is 19.3 Å². The molecule has 1 amide bonds. The number of carbonyl (C=O) groups is 1. The van der Waals surface area contributed by atoms with Crippen LogP contribution in [0.25, 0.3) is 27.2 Å². The van der Waals surface area contributed by atoms with E-state index in [1.54, 1.807) is 21.4 Å². The Morgan fingerprint density at radius 3 is 2.64 bits per heavy atom. The van der Waals surface area contributed by atoms with Gasteiger partial charge in [0.15, 0.2) is 9.47 Å². The van der Waals surface area contributed by atoms with E-state index in [0.717, 1.165) is 25.9 Å². The monoisotopic (exact) mass is 493 g/mol. The molecule has 0 unspecified atom stereocenters. The molecule has 33 heavy (non-hydrogen) atoms. The van der Waals surface area contributed by atoms with Crippen molar-refractivity contribution in [3.8, 4) is 16.9 Å². The second-order valence-corrected chi connectivity index (χ2v) is 10.4. The molecule has 0 aliphatic heterocycles. The summed E-state index contributed by atoms with van der Waals surface area (Å²) >= 11 is 4.28. The first-order valence-corrected chi connectivity index (χ1v) is 12.8. The van der Waals surface area contributed by atoms with E-state index < -0.39 is 0 Å². The van der Waals surface area contributed by atoms with Gasteiger partial charge in [-0.2, -0.15) is 0 Å². The van der Waals surface area contributed by atoms with Gasteiger partial charge in [-0.1, -0.05) is 42.1 Å². The van der Waals surface area contributed by atoms with Gasteiger partial charge in [0.2, 0.25) is 5.91 Å². The van der Waals surface area contributed by atoms with Crippen LogP contribution in [0.4, 0.5) is 5.13 Å². The average molecular weight is 494 g/mol. The summed E-state index contributed by atoms with van der Waals surface area (Å²) in [6, 6.07) is 17.4. The number of fused-ring (bicyclic) bond motifs is 1. The highest BCUT2D eigenvalue weighted by Crippen LogP contribution is 2.30. The zero-order valence-electron chi connectivity index (χ0n) is 17.8. The molecule has 0 aliphatic rings. The van der Waals surface area contributed by atoms with Crippen molar-refractivity contribution in [1.29, 1.82) is 0 Å². The molecular formula is C23H19N5O2S3. The summed E-state index contributed by atoms with van der Waals surface area (Å²) in [5.41, 5.74) is 3.47. The lowest BCUT2D eigenvalue weighted by molar-refractivity contribution is -0.113. The average Bonchev–Trinajstić information content (AvgIpc) is 3.50. The lowest BCUT2D eigenvalue weighted by Crippen LogP contribution is -2.20. The zero-order valence-corrected chi connectivity index (χ0v) is 20.3. The van der Waals surface area contributed by atoms with Crippen molar-refractivity contribution in [2.45, 2.75) is 11.3 Å². The Hall–Kier alpha value is -3.21. The van der Waals surface area contributed by atoms with Crippen molar-refractivity contribution in [2.75, 3.05) is 11.1 Å². The zero-order chi connectivity index (χ0) is 22.9. The van der Waals surface area contributed by atoms with Crippen LogP contribution >= 0.6 is 34.4 Å². The molecule has 2 aromatic carbocycles. The minimum absolute atomic E-state index is 0.143. The standard InChI is InChI=1S/C23H19N5O2S3/c1-14-20(21(30)28(27(14)2)15-8-4-3-5-9-15)17-12-31-22(24-17)26-19(29)13-32-23-25-16-10-6-7-11-18(16)33-23/h3-12H,13H2,1-2H3,(H,24,26,29). The molecule has 5 aromatic rings. The fraction of sp³-hybridized carbons (Fsp3) is 0.130. The van der Waals surface area contributed by atoms with E-state index in [0.29, 0.717) is 16.4 Å². The van der Waals surface area contributed by atoms with Crippen LogP contribution in [-0.2, 0) is 11.8 Å². The molecule has 0 aliphatic carbocycles. The smallest absolute Gasteiger partial charge is 0.281 e. The Kier molecular flexibility index (Phi) is 5.88. The number of para-hydroxylation sites is 2. The first kappa shape index (κ1) is 21.6. The number of nitrogens with zero attached hydrogens (tertiary/aromatic N) is 4. The number of thioether (sulfide) groups is 1. The van der Waals surface area contributed by atoms with Gasteiger partial charge in [0.1, 0.15) is 0 Å². The lowest BCUT2D eigenvalue weighted by atomic mass is 10.2. The first-order chi connectivity index (χ1) is 16.0. The quantitative estimate of drug-likeness (QED) is 0.339. The Morgan fingerprint density at radius 2 is 1.85 bits per heavy atom. The van der Waals surface area contributed by atoms with Gasteiger partial charge in [-0.15, -0.1) is 22.7 Å². The number of aromatic nitrogens is 4. The van der Waals surface area contributed by atoms with Crippen LogP contribution in [0, 0.1) is 6.92 Å². The number of thiazole rings is 2. The molecule has 1 N–H and O–H groups in total. The predicted octanol–water partition coefficient (Wildman–Crippen LogP) is 4.95. The number of amides is 1. The molecule has 0 saturated heterocycles. The number of hydrogen-bond acceptors (Lipinski definition) is 7. The largest absolute Gasteiger partial charge is 0.301 e. The summed E-state index contributed by atoms with van der Waals surface area (Å²) in [4.78, 5) is 34.7. The van der Waals surface area contributed by atoms with Gasteiger partial charge < -0.3 is 5.32 Å². The minimum atomic E-state index is -0.161. The van der Waals surface area contributed by atoms with E-state index >= 15 is 0 Å². The number of rotatable bonds is 6. The third-order valence-electron chi connectivity index (χ3n) is 5.16. The Bertz CT molecular complexity index is 1480. The summed E-state index contributed by atoms with van der Waals surface area (Å²) in [5.74, 6) is 0.0755. The van der Waals surface area contributed by atoms with Crippen molar-refractivity contribution < 1.29 is 4.79 Å². The summed E-state index contributed by atoms with van der Waals surface area (Å²) < 4.78 is 5.40. The van der Waals surface area contributed by atoms with Gasteiger partial charge in [0.05, 0.1) is 32.9 Å². The molecule has 0 saturated carbocycles. The second kappa shape index (κ2) is 8.97. The molecule has 0 fully saturated rings.